The molecule has 110 valence electrons. The second kappa shape index (κ2) is 6.46. The molecule has 2 rings (SSSR count). The molecule has 0 aliphatic rings. The first kappa shape index (κ1) is 14.4. The minimum Gasteiger partial charge on any atom is -0.385 e. The van der Waals surface area contributed by atoms with Crippen LogP contribution in [0, 0.1) is 10.1 Å². The highest BCUT2D eigenvalue weighted by Crippen LogP contribution is 2.22. The molecule has 0 bridgehead atoms. The molecule has 21 heavy (non-hydrogen) atoms. The smallest absolute Gasteiger partial charge is 0.282 e. The second-order valence-corrected chi connectivity index (χ2v) is 4.05. The van der Waals surface area contributed by atoms with Crippen molar-refractivity contribution in [1.82, 2.24) is 15.5 Å². The number of aromatic nitrogens is 2. The summed E-state index contributed by atoms with van der Waals surface area (Å²) in [6.45, 7) is 2.55. The highest BCUT2D eigenvalue weighted by atomic mass is 16.6. The number of hydrogen-bond acceptors (Lipinski definition) is 7. The Kier molecular flexibility index (Phi) is 4.44. The van der Waals surface area contributed by atoms with Gasteiger partial charge in [-0.2, -0.15) is 4.98 Å². The molecule has 0 fully saturated rings. The average Bonchev–Trinajstić information content (AvgIpc) is 2.98. The van der Waals surface area contributed by atoms with E-state index in [0.717, 1.165) is 6.39 Å². The molecule has 1 aromatic heterocycles. The molecule has 0 aliphatic heterocycles. The summed E-state index contributed by atoms with van der Waals surface area (Å²) in [5.74, 6) is -0.292. The third kappa shape index (κ3) is 3.53. The van der Waals surface area contributed by atoms with Gasteiger partial charge in [0, 0.05) is 18.3 Å². The van der Waals surface area contributed by atoms with Crippen LogP contribution in [0.1, 0.15) is 23.1 Å². The van der Waals surface area contributed by atoms with Crippen LogP contribution in [0.5, 0.6) is 0 Å². The zero-order valence-electron chi connectivity index (χ0n) is 11.2. The van der Waals surface area contributed by atoms with Crippen molar-refractivity contribution in [2.45, 2.75) is 13.5 Å². The Morgan fingerprint density at radius 1 is 1.48 bits per heavy atom. The largest absolute Gasteiger partial charge is 0.385 e. The molecule has 0 aliphatic carbocycles. The van der Waals surface area contributed by atoms with Gasteiger partial charge >= 0.3 is 0 Å². The highest BCUT2D eigenvalue weighted by molar-refractivity contribution is 5.99. The maximum atomic E-state index is 12.1. The lowest BCUT2D eigenvalue weighted by Crippen LogP contribution is -2.24. The van der Waals surface area contributed by atoms with Gasteiger partial charge in [0.15, 0.2) is 5.82 Å². The Morgan fingerprint density at radius 3 is 2.90 bits per heavy atom. The maximum Gasteiger partial charge on any atom is 0.282 e. The van der Waals surface area contributed by atoms with Gasteiger partial charge in [0.1, 0.15) is 5.56 Å². The van der Waals surface area contributed by atoms with Crippen LogP contribution in [-0.2, 0) is 6.54 Å². The summed E-state index contributed by atoms with van der Waals surface area (Å²) in [4.78, 5) is 26.2. The summed E-state index contributed by atoms with van der Waals surface area (Å²) in [7, 11) is 0. The zero-order chi connectivity index (χ0) is 15.2. The van der Waals surface area contributed by atoms with Crippen molar-refractivity contribution in [3.8, 4) is 0 Å². The van der Waals surface area contributed by atoms with Gasteiger partial charge in [-0.15, -0.1) is 0 Å². The fourth-order valence-electron chi connectivity index (χ4n) is 1.72. The quantitative estimate of drug-likeness (QED) is 0.608. The molecular formula is C12H13N5O4. The van der Waals surface area contributed by atoms with Crippen LogP contribution in [0.2, 0.25) is 0 Å². The fourth-order valence-corrected chi connectivity index (χ4v) is 1.72. The van der Waals surface area contributed by atoms with Crippen molar-refractivity contribution in [2.24, 2.45) is 0 Å². The Morgan fingerprint density at radius 2 is 2.29 bits per heavy atom. The van der Waals surface area contributed by atoms with E-state index < -0.39 is 10.8 Å². The number of carbonyl (C=O) groups is 1. The summed E-state index contributed by atoms with van der Waals surface area (Å²) in [5, 5.41) is 20.0. The van der Waals surface area contributed by atoms with E-state index in [2.05, 4.69) is 25.3 Å². The van der Waals surface area contributed by atoms with Crippen molar-refractivity contribution in [3.63, 3.8) is 0 Å². The predicted molar refractivity (Wildman–Crippen MR) is 72.7 cm³/mol. The minimum absolute atomic E-state index is 0.0257. The lowest BCUT2D eigenvalue weighted by Gasteiger charge is -2.07. The molecular weight excluding hydrogens is 278 g/mol. The van der Waals surface area contributed by atoms with Crippen molar-refractivity contribution < 1.29 is 14.2 Å². The molecule has 2 aromatic rings. The standard InChI is InChI=1S/C12H13N5O4/c1-2-13-8-3-4-10(17(19)20)9(5-8)12(18)14-6-11-15-7-21-16-11/h3-5,7,13H,2,6H2,1H3,(H,14,18). The normalized spacial score (nSPS) is 10.1. The molecule has 0 radical (unpaired) electrons. The van der Waals surface area contributed by atoms with Gasteiger partial charge in [-0.05, 0) is 19.1 Å². The Bertz CT molecular complexity index is 641. The number of nitro benzene ring substituents is 1. The van der Waals surface area contributed by atoms with Crippen molar-refractivity contribution in [1.29, 1.82) is 0 Å². The summed E-state index contributed by atoms with van der Waals surface area (Å²) in [6, 6.07) is 4.28. The summed E-state index contributed by atoms with van der Waals surface area (Å²) in [6.07, 6.45) is 1.13. The first-order valence-electron chi connectivity index (χ1n) is 6.17. The van der Waals surface area contributed by atoms with Crippen LogP contribution in [0.15, 0.2) is 29.1 Å². The van der Waals surface area contributed by atoms with E-state index in [1.165, 1.54) is 12.1 Å². The van der Waals surface area contributed by atoms with Crippen molar-refractivity contribution in [2.75, 3.05) is 11.9 Å². The van der Waals surface area contributed by atoms with Crippen LogP contribution in [0.4, 0.5) is 11.4 Å². The summed E-state index contributed by atoms with van der Waals surface area (Å²) in [5.41, 5.74) is 0.344. The van der Waals surface area contributed by atoms with Crippen LogP contribution in [0.25, 0.3) is 0 Å². The van der Waals surface area contributed by atoms with Gasteiger partial charge in [0.2, 0.25) is 6.39 Å². The Hall–Kier alpha value is -2.97. The maximum absolute atomic E-state index is 12.1. The number of benzene rings is 1. The third-order valence-corrected chi connectivity index (χ3v) is 2.63. The number of carbonyl (C=O) groups excluding carboxylic acids is 1. The molecule has 0 unspecified atom stereocenters. The highest BCUT2D eigenvalue weighted by Gasteiger charge is 2.20. The molecule has 0 atom stereocenters. The summed E-state index contributed by atoms with van der Waals surface area (Å²) < 4.78 is 4.53. The van der Waals surface area contributed by atoms with Gasteiger partial charge in [-0.1, -0.05) is 5.16 Å². The Balaban J connectivity index is 2.20. The third-order valence-electron chi connectivity index (χ3n) is 2.63. The van der Waals surface area contributed by atoms with E-state index in [1.807, 2.05) is 6.92 Å². The van der Waals surface area contributed by atoms with Gasteiger partial charge in [0.05, 0.1) is 11.5 Å². The zero-order valence-corrected chi connectivity index (χ0v) is 11.2. The lowest BCUT2D eigenvalue weighted by molar-refractivity contribution is -0.385. The molecule has 2 N–H and O–H groups in total. The first-order valence-corrected chi connectivity index (χ1v) is 6.17. The topological polar surface area (TPSA) is 123 Å². The van der Waals surface area contributed by atoms with Crippen molar-refractivity contribution in [3.05, 3.63) is 46.1 Å². The minimum atomic E-state index is -0.598. The predicted octanol–water partition coefficient (Wildman–Crippen LogP) is 1.34. The molecule has 9 heteroatoms. The van der Waals surface area contributed by atoms with E-state index in [-0.39, 0.29) is 23.6 Å². The van der Waals surface area contributed by atoms with Gasteiger partial charge in [-0.25, -0.2) is 0 Å². The van der Waals surface area contributed by atoms with Crippen LogP contribution >= 0.6 is 0 Å². The van der Waals surface area contributed by atoms with Gasteiger partial charge in [-0.3, -0.25) is 14.9 Å². The Labute approximate surface area is 119 Å². The first-order chi connectivity index (χ1) is 10.1. The van der Waals surface area contributed by atoms with E-state index in [4.69, 9.17) is 0 Å². The number of nitrogens with one attached hydrogen (secondary N) is 2. The monoisotopic (exact) mass is 291 g/mol. The molecule has 0 saturated heterocycles. The number of hydrogen-bond donors (Lipinski definition) is 2. The van der Waals surface area contributed by atoms with Crippen LogP contribution < -0.4 is 10.6 Å². The van der Waals surface area contributed by atoms with Crippen LogP contribution in [-0.4, -0.2) is 27.5 Å². The SMILES string of the molecule is CCNc1ccc([N+](=O)[O-])c(C(=O)NCc2ncon2)c1. The molecule has 1 heterocycles. The number of nitro groups is 1. The molecule has 1 amide bonds. The number of nitrogens with zero attached hydrogens (tertiary/aromatic N) is 3. The number of anilines is 1. The number of rotatable bonds is 6. The fraction of sp³-hybridized carbons (Fsp3) is 0.250. The van der Waals surface area contributed by atoms with E-state index in [1.54, 1.807) is 6.07 Å². The number of amides is 1. The van der Waals surface area contributed by atoms with E-state index >= 15 is 0 Å². The van der Waals surface area contributed by atoms with Gasteiger partial charge in [0.25, 0.3) is 11.6 Å². The van der Waals surface area contributed by atoms with Crippen LogP contribution in [0.3, 0.4) is 0 Å². The molecule has 0 saturated carbocycles. The lowest BCUT2D eigenvalue weighted by atomic mass is 10.1. The molecule has 1 aromatic carbocycles. The summed E-state index contributed by atoms with van der Waals surface area (Å²) >= 11 is 0. The molecule has 0 spiro atoms. The van der Waals surface area contributed by atoms with Crippen molar-refractivity contribution >= 4 is 17.3 Å². The van der Waals surface area contributed by atoms with E-state index in [9.17, 15) is 14.9 Å². The average molecular weight is 291 g/mol. The second-order valence-electron chi connectivity index (χ2n) is 4.05. The van der Waals surface area contributed by atoms with Gasteiger partial charge < -0.3 is 15.2 Å². The molecule has 9 nitrogen and oxygen atoms in total. The van der Waals surface area contributed by atoms with E-state index in [0.29, 0.717) is 12.2 Å².